The maximum Gasteiger partial charge on any atom is 0.148 e. The summed E-state index contributed by atoms with van der Waals surface area (Å²) >= 11 is 5.22. The van der Waals surface area contributed by atoms with E-state index in [9.17, 15) is 0 Å². The Hall–Kier alpha value is -0.840. The molecule has 0 amide bonds. The Bertz CT molecular complexity index is 625. The van der Waals surface area contributed by atoms with Crippen molar-refractivity contribution in [3.8, 4) is 5.75 Å². The lowest BCUT2D eigenvalue weighted by Crippen LogP contribution is -2.30. The van der Waals surface area contributed by atoms with Gasteiger partial charge in [0.15, 0.2) is 0 Å². The predicted octanol–water partition coefficient (Wildman–Crippen LogP) is 4.86. The Balaban J connectivity index is 1.84. The van der Waals surface area contributed by atoms with Gasteiger partial charge in [0, 0.05) is 10.9 Å². The van der Waals surface area contributed by atoms with Crippen molar-refractivity contribution in [2.24, 2.45) is 5.73 Å². The summed E-state index contributed by atoms with van der Waals surface area (Å²) in [5.74, 6) is 0.939. The number of hydrogen-bond acceptors (Lipinski definition) is 3. The fourth-order valence-electron chi connectivity index (χ4n) is 2.82. The van der Waals surface area contributed by atoms with E-state index in [1.165, 1.54) is 35.3 Å². The number of hydrogen-bond donors (Lipinski definition) is 1. The van der Waals surface area contributed by atoms with Crippen LogP contribution < -0.4 is 10.5 Å². The second-order valence-corrected chi connectivity index (χ2v) is 8.03. The monoisotopic (exact) mass is 365 g/mol. The molecule has 112 valence electrons. The second-order valence-electron chi connectivity index (χ2n) is 5.54. The Kier molecular flexibility index (Phi) is 4.67. The highest BCUT2D eigenvalue weighted by molar-refractivity contribution is 9.11. The van der Waals surface area contributed by atoms with Gasteiger partial charge in [-0.3, -0.25) is 0 Å². The Morgan fingerprint density at radius 3 is 2.76 bits per heavy atom. The molecule has 2 aromatic rings. The first-order valence-electron chi connectivity index (χ1n) is 7.46. The Morgan fingerprint density at radius 1 is 1.24 bits per heavy atom. The van der Waals surface area contributed by atoms with Crippen LogP contribution in [0.25, 0.3) is 0 Å². The number of rotatable bonds is 5. The van der Waals surface area contributed by atoms with Gasteiger partial charge in [-0.1, -0.05) is 13.0 Å². The van der Waals surface area contributed by atoms with Crippen LogP contribution in [0.3, 0.4) is 0 Å². The lowest BCUT2D eigenvalue weighted by Gasteiger charge is -2.23. The van der Waals surface area contributed by atoms with Gasteiger partial charge in [-0.25, -0.2) is 0 Å². The van der Waals surface area contributed by atoms with E-state index in [0.717, 1.165) is 16.0 Å². The third-order valence-corrected chi connectivity index (χ3v) is 5.75. The summed E-state index contributed by atoms with van der Waals surface area (Å²) in [6, 6.07) is 10.6. The van der Waals surface area contributed by atoms with Gasteiger partial charge in [-0.05, 0) is 77.0 Å². The summed E-state index contributed by atoms with van der Waals surface area (Å²) in [6.45, 7) is 2.10. The normalized spacial score (nSPS) is 16.5. The first-order chi connectivity index (χ1) is 10.2. The predicted molar refractivity (Wildman–Crippen MR) is 92.1 cm³/mol. The van der Waals surface area contributed by atoms with Crippen LogP contribution >= 0.6 is 27.3 Å². The van der Waals surface area contributed by atoms with Gasteiger partial charge < -0.3 is 10.5 Å². The van der Waals surface area contributed by atoms with Crippen LogP contribution in [0.1, 0.15) is 41.9 Å². The zero-order chi connectivity index (χ0) is 14.8. The van der Waals surface area contributed by atoms with E-state index >= 15 is 0 Å². The highest BCUT2D eigenvalue weighted by Gasteiger charge is 2.23. The molecule has 0 aliphatic heterocycles. The summed E-state index contributed by atoms with van der Waals surface area (Å²) in [5.41, 5.74) is 9.19. The molecule has 2 atom stereocenters. The Morgan fingerprint density at radius 2 is 2.05 bits per heavy atom. The molecule has 1 aliphatic carbocycles. The van der Waals surface area contributed by atoms with Gasteiger partial charge in [0.2, 0.25) is 0 Å². The van der Waals surface area contributed by atoms with E-state index in [2.05, 4.69) is 53.2 Å². The fourth-order valence-corrected chi connectivity index (χ4v) is 4.35. The van der Waals surface area contributed by atoms with Crippen LogP contribution in [-0.4, -0.2) is 6.04 Å². The number of ether oxygens (including phenoxy) is 1. The zero-order valence-electron chi connectivity index (χ0n) is 12.1. The maximum atomic E-state index is 6.29. The van der Waals surface area contributed by atoms with Crippen molar-refractivity contribution in [1.82, 2.24) is 0 Å². The molecule has 21 heavy (non-hydrogen) atoms. The molecular weight excluding hydrogens is 346 g/mol. The smallest absolute Gasteiger partial charge is 0.148 e. The second kappa shape index (κ2) is 6.51. The number of benzene rings is 1. The molecule has 0 spiro atoms. The summed E-state index contributed by atoms with van der Waals surface area (Å²) in [6.07, 6.45) is 4.44. The lowest BCUT2D eigenvalue weighted by molar-refractivity contribution is 0.174. The molecule has 0 radical (unpaired) electrons. The van der Waals surface area contributed by atoms with E-state index in [4.69, 9.17) is 10.5 Å². The van der Waals surface area contributed by atoms with Gasteiger partial charge in [0.1, 0.15) is 11.9 Å². The molecule has 2 unspecified atom stereocenters. The van der Waals surface area contributed by atoms with Crippen LogP contribution in [0.15, 0.2) is 34.1 Å². The van der Waals surface area contributed by atoms with Crippen molar-refractivity contribution in [2.45, 2.75) is 44.8 Å². The molecule has 1 aromatic carbocycles. The molecule has 1 aliphatic rings. The highest BCUT2D eigenvalue weighted by Crippen LogP contribution is 2.34. The number of fused-ring (bicyclic) bond motifs is 1. The molecule has 1 aromatic heterocycles. The number of halogens is 1. The maximum absolute atomic E-state index is 6.29. The minimum absolute atomic E-state index is 0.00352. The van der Waals surface area contributed by atoms with Crippen LogP contribution in [0.2, 0.25) is 0 Å². The average molecular weight is 366 g/mol. The summed E-state index contributed by atoms with van der Waals surface area (Å²) in [5, 5.41) is 0. The average Bonchev–Trinajstić information content (AvgIpc) is 3.12. The van der Waals surface area contributed by atoms with Crippen molar-refractivity contribution >= 4 is 27.3 Å². The molecule has 0 bridgehead atoms. The third kappa shape index (κ3) is 3.33. The largest absolute Gasteiger partial charge is 0.483 e. The molecule has 0 saturated carbocycles. The molecule has 1 heterocycles. The van der Waals surface area contributed by atoms with Crippen molar-refractivity contribution in [1.29, 1.82) is 0 Å². The van der Waals surface area contributed by atoms with Crippen LogP contribution in [0.4, 0.5) is 0 Å². The molecule has 0 fully saturated rings. The Labute approximate surface area is 138 Å². The first-order valence-corrected chi connectivity index (χ1v) is 9.07. The van der Waals surface area contributed by atoms with E-state index < -0.39 is 0 Å². The minimum Gasteiger partial charge on any atom is -0.483 e. The summed E-state index contributed by atoms with van der Waals surface area (Å²) < 4.78 is 7.37. The lowest BCUT2D eigenvalue weighted by atomic mass is 10.1. The molecule has 2 nitrogen and oxygen atoms in total. The number of thiophene rings is 1. The quantitative estimate of drug-likeness (QED) is 0.821. The third-order valence-electron chi connectivity index (χ3n) is 4.07. The highest BCUT2D eigenvalue weighted by atomic mass is 79.9. The van der Waals surface area contributed by atoms with Crippen molar-refractivity contribution in [3.63, 3.8) is 0 Å². The van der Waals surface area contributed by atoms with Crippen LogP contribution in [-0.2, 0) is 12.8 Å². The minimum atomic E-state index is -0.0780. The molecule has 0 saturated heterocycles. The van der Waals surface area contributed by atoms with Crippen molar-refractivity contribution < 1.29 is 4.74 Å². The standard InChI is InChI=1S/C17H20BrNOS/c1-2-14(19)17(15-8-9-16(18)21-15)20-13-7-6-11-4-3-5-12(11)10-13/h6-10,14,17H,2-5,19H2,1H3. The van der Waals surface area contributed by atoms with Gasteiger partial charge in [-0.15, -0.1) is 11.3 Å². The van der Waals surface area contributed by atoms with Crippen molar-refractivity contribution in [3.05, 3.63) is 50.1 Å². The van der Waals surface area contributed by atoms with E-state index in [1.807, 2.05) is 0 Å². The summed E-state index contributed by atoms with van der Waals surface area (Å²) in [4.78, 5) is 1.18. The van der Waals surface area contributed by atoms with Crippen LogP contribution in [0, 0.1) is 0 Å². The van der Waals surface area contributed by atoms with Gasteiger partial charge in [0.25, 0.3) is 0 Å². The molecular formula is C17H20BrNOS. The van der Waals surface area contributed by atoms with E-state index in [-0.39, 0.29) is 12.1 Å². The number of aryl methyl sites for hydroxylation is 2. The number of nitrogens with two attached hydrogens (primary N) is 1. The summed E-state index contributed by atoms with van der Waals surface area (Å²) in [7, 11) is 0. The molecule has 2 N–H and O–H groups in total. The molecule has 4 heteroatoms. The van der Waals surface area contributed by atoms with E-state index in [1.54, 1.807) is 11.3 Å². The SMILES string of the molecule is CCC(N)C(Oc1ccc2c(c1)CCC2)c1ccc(Br)s1. The van der Waals surface area contributed by atoms with Gasteiger partial charge in [0.05, 0.1) is 3.79 Å². The van der Waals surface area contributed by atoms with Crippen LogP contribution in [0.5, 0.6) is 5.75 Å². The van der Waals surface area contributed by atoms with Gasteiger partial charge >= 0.3 is 0 Å². The first kappa shape index (κ1) is 15.1. The molecule has 3 rings (SSSR count). The van der Waals surface area contributed by atoms with E-state index in [0.29, 0.717) is 0 Å². The van der Waals surface area contributed by atoms with Crippen molar-refractivity contribution in [2.75, 3.05) is 0 Å². The van der Waals surface area contributed by atoms with Gasteiger partial charge in [-0.2, -0.15) is 0 Å². The fraction of sp³-hybridized carbons (Fsp3) is 0.412. The zero-order valence-corrected chi connectivity index (χ0v) is 14.5. The topological polar surface area (TPSA) is 35.2 Å².